The highest BCUT2D eigenvalue weighted by atomic mass is 16.6. The van der Waals surface area contributed by atoms with Crippen molar-refractivity contribution >= 4 is 35.4 Å². The Morgan fingerprint density at radius 1 is 1.02 bits per heavy atom. The second-order valence-electron chi connectivity index (χ2n) is 12.1. The zero-order valence-corrected chi connectivity index (χ0v) is 23.4. The standard InChI is InChI=1S/C29H34N6O6/c1-29(2,3)41-28(40)33-13-11-16(12-14-33)35-21-8-7-19(18(21)15-30-35)31-20-6-4-5-17-24(20)27(39)34(26(17)38)22-9-10-23(36)32-25(22)37/h4-6,15-16,19,22,31H,7-14H2,1-3H3,(H,32,36,37). The van der Waals surface area contributed by atoms with Crippen LogP contribution in [0.3, 0.4) is 0 Å². The van der Waals surface area contributed by atoms with E-state index in [4.69, 9.17) is 9.84 Å². The molecule has 5 amide bonds. The number of hydrogen-bond acceptors (Lipinski definition) is 8. The topological polar surface area (TPSA) is 143 Å². The van der Waals surface area contributed by atoms with Gasteiger partial charge < -0.3 is 15.0 Å². The number of piperidine rings is 2. The summed E-state index contributed by atoms with van der Waals surface area (Å²) in [4.78, 5) is 65.9. The fraction of sp³-hybridized carbons (Fsp3) is 0.517. The highest BCUT2D eigenvalue weighted by Gasteiger charge is 2.46. The maximum atomic E-state index is 13.5. The number of nitrogens with one attached hydrogen (secondary N) is 2. The van der Waals surface area contributed by atoms with Crippen LogP contribution in [0.2, 0.25) is 0 Å². The number of carbonyl (C=O) groups is 5. The van der Waals surface area contributed by atoms with Crippen LogP contribution >= 0.6 is 0 Å². The van der Waals surface area contributed by atoms with E-state index in [1.807, 2.05) is 27.0 Å². The summed E-state index contributed by atoms with van der Waals surface area (Å²) >= 11 is 0. The number of rotatable bonds is 4. The third-order valence-electron chi connectivity index (χ3n) is 8.24. The van der Waals surface area contributed by atoms with Crippen LogP contribution in [0.1, 0.15) is 96.9 Å². The number of benzene rings is 1. The van der Waals surface area contributed by atoms with Crippen LogP contribution in [-0.2, 0) is 20.7 Å². The molecule has 1 aliphatic carbocycles. The first-order valence-corrected chi connectivity index (χ1v) is 14.2. The molecular weight excluding hydrogens is 528 g/mol. The van der Waals surface area contributed by atoms with Crippen LogP contribution in [0.15, 0.2) is 24.4 Å². The van der Waals surface area contributed by atoms with Crippen molar-refractivity contribution in [2.24, 2.45) is 0 Å². The van der Waals surface area contributed by atoms with Gasteiger partial charge in [0.1, 0.15) is 11.6 Å². The maximum absolute atomic E-state index is 13.5. The third kappa shape index (κ3) is 4.85. The van der Waals surface area contributed by atoms with Crippen molar-refractivity contribution in [1.29, 1.82) is 0 Å². The molecule has 3 aliphatic heterocycles. The highest BCUT2D eigenvalue weighted by molar-refractivity contribution is 6.25. The summed E-state index contributed by atoms with van der Waals surface area (Å²) in [7, 11) is 0. The monoisotopic (exact) mass is 562 g/mol. The Morgan fingerprint density at radius 2 is 1.78 bits per heavy atom. The summed E-state index contributed by atoms with van der Waals surface area (Å²) in [6.07, 6.45) is 4.94. The average molecular weight is 563 g/mol. The Morgan fingerprint density at radius 3 is 2.49 bits per heavy atom. The van der Waals surface area contributed by atoms with Gasteiger partial charge in [-0.3, -0.25) is 34.1 Å². The van der Waals surface area contributed by atoms with Gasteiger partial charge in [-0.1, -0.05) is 6.07 Å². The van der Waals surface area contributed by atoms with Gasteiger partial charge in [-0.05, 0) is 65.0 Å². The second-order valence-corrected chi connectivity index (χ2v) is 12.1. The SMILES string of the molecule is CC(C)(C)OC(=O)N1CCC(n2ncc3c2CCC3Nc2cccc3c2C(=O)N(C2CCC(=O)NC2=O)C3=O)CC1. The molecule has 0 bridgehead atoms. The Labute approximate surface area is 237 Å². The fourth-order valence-electron chi connectivity index (χ4n) is 6.29. The maximum Gasteiger partial charge on any atom is 0.410 e. The molecule has 2 N–H and O–H groups in total. The molecule has 0 radical (unpaired) electrons. The van der Waals surface area contributed by atoms with Crippen molar-refractivity contribution in [2.45, 2.75) is 83.0 Å². The molecule has 2 atom stereocenters. The first kappa shape index (κ1) is 27.0. The number of nitrogens with zero attached hydrogens (tertiary/aromatic N) is 4. The Bertz CT molecular complexity index is 1450. The number of ether oxygens (including phenoxy) is 1. The van der Waals surface area contributed by atoms with E-state index >= 15 is 0 Å². The Kier molecular flexibility index (Phi) is 6.58. The van der Waals surface area contributed by atoms with Crippen molar-refractivity contribution in [3.05, 3.63) is 46.8 Å². The molecule has 216 valence electrons. The number of fused-ring (bicyclic) bond motifs is 2. The lowest BCUT2D eigenvalue weighted by Gasteiger charge is -2.34. The molecule has 0 spiro atoms. The van der Waals surface area contributed by atoms with Crippen molar-refractivity contribution in [2.75, 3.05) is 18.4 Å². The third-order valence-corrected chi connectivity index (χ3v) is 8.24. The minimum atomic E-state index is -1.01. The number of imide groups is 2. The van der Waals surface area contributed by atoms with E-state index in [2.05, 4.69) is 15.3 Å². The molecule has 0 saturated carbocycles. The summed E-state index contributed by atoms with van der Waals surface area (Å²) in [5.74, 6) is -2.10. The lowest BCUT2D eigenvalue weighted by atomic mass is 10.0. The van der Waals surface area contributed by atoms with E-state index in [0.717, 1.165) is 41.8 Å². The van der Waals surface area contributed by atoms with Crippen molar-refractivity contribution < 1.29 is 28.7 Å². The molecule has 41 heavy (non-hydrogen) atoms. The van der Waals surface area contributed by atoms with Crippen molar-refractivity contribution in [1.82, 2.24) is 24.9 Å². The van der Waals surface area contributed by atoms with E-state index in [-0.39, 0.29) is 42.1 Å². The second kappa shape index (κ2) is 10.0. The molecule has 12 nitrogen and oxygen atoms in total. The highest BCUT2D eigenvalue weighted by Crippen LogP contribution is 2.39. The fourth-order valence-corrected chi connectivity index (χ4v) is 6.29. The van der Waals surface area contributed by atoms with Crippen LogP contribution in [0, 0.1) is 0 Å². The van der Waals surface area contributed by atoms with E-state index in [9.17, 15) is 24.0 Å². The van der Waals surface area contributed by atoms with E-state index in [1.54, 1.807) is 23.1 Å². The van der Waals surface area contributed by atoms with Crippen molar-refractivity contribution in [3.8, 4) is 0 Å². The quantitative estimate of drug-likeness (QED) is 0.542. The molecule has 1 aromatic heterocycles. The Balaban J connectivity index is 1.16. The molecule has 4 heterocycles. The van der Waals surface area contributed by atoms with Gasteiger partial charge >= 0.3 is 6.09 Å². The van der Waals surface area contributed by atoms with Crippen LogP contribution < -0.4 is 10.6 Å². The molecule has 2 fully saturated rings. The average Bonchev–Trinajstić information content (AvgIpc) is 3.58. The summed E-state index contributed by atoms with van der Waals surface area (Å²) in [5, 5.41) is 10.4. The van der Waals surface area contributed by atoms with Gasteiger partial charge in [0.2, 0.25) is 11.8 Å². The number of aromatic nitrogens is 2. The molecular formula is C29H34N6O6. The lowest BCUT2D eigenvalue weighted by molar-refractivity contribution is -0.136. The predicted molar refractivity (Wildman–Crippen MR) is 146 cm³/mol. The summed E-state index contributed by atoms with van der Waals surface area (Å²) in [6, 6.07) is 4.16. The van der Waals surface area contributed by atoms with Gasteiger partial charge in [0.05, 0.1) is 29.4 Å². The Hall–Kier alpha value is -4.22. The van der Waals surface area contributed by atoms with Gasteiger partial charge in [-0.25, -0.2) is 4.79 Å². The predicted octanol–water partition coefficient (Wildman–Crippen LogP) is 2.96. The van der Waals surface area contributed by atoms with Gasteiger partial charge in [0, 0.05) is 36.5 Å². The molecule has 6 rings (SSSR count). The van der Waals surface area contributed by atoms with Gasteiger partial charge in [0.25, 0.3) is 11.8 Å². The molecule has 2 saturated heterocycles. The molecule has 4 aliphatic rings. The zero-order valence-electron chi connectivity index (χ0n) is 23.4. The van der Waals surface area contributed by atoms with E-state index < -0.39 is 35.3 Å². The van der Waals surface area contributed by atoms with Gasteiger partial charge in [0.15, 0.2) is 0 Å². The zero-order chi connectivity index (χ0) is 29.1. The van der Waals surface area contributed by atoms with E-state index in [0.29, 0.717) is 18.8 Å². The van der Waals surface area contributed by atoms with Crippen LogP contribution in [0.5, 0.6) is 0 Å². The first-order valence-electron chi connectivity index (χ1n) is 14.2. The summed E-state index contributed by atoms with van der Waals surface area (Å²) < 4.78 is 7.60. The minimum absolute atomic E-state index is 0.0732. The number of hydrogen-bond donors (Lipinski definition) is 2. The molecule has 2 unspecified atom stereocenters. The van der Waals surface area contributed by atoms with E-state index in [1.165, 1.54) is 0 Å². The molecule has 1 aromatic carbocycles. The smallest absolute Gasteiger partial charge is 0.410 e. The van der Waals surface area contributed by atoms with Gasteiger partial charge in [-0.15, -0.1) is 0 Å². The number of carbonyl (C=O) groups excluding carboxylic acids is 5. The van der Waals surface area contributed by atoms with Gasteiger partial charge in [-0.2, -0.15) is 5.10 Å². The van der Waals surface area contributed by atoms with Crippen LogP contribution in [0.25, 0.3) is 0 Å². The van der Waals surface area contributed by atoms with Crippen LogP contribution in [0.4, 0.5) is 10.5 Å². The molecule has 12 heteroatoms. The van der Waals surface area contributed by atoms with Crippen LogP contribution in [-0.4, -0.2) is 74.0 Å². The number of amides is 5. The minimum Gasteiger partial charge on any atom is -0.444 e. The normalized spacial score (nSPS) is 23.0. The summed E-state index contributed by atoms with van der Waals surface area (Å²) in [5.41, 5.74) is 2.69. The first-order chi connectivity index (χ1) is 19.5. The summed E-state index contributed by atoms with van der Waals surface area (Å²) in [6.45, 7) is 6.79. The lowest BCUT2D eigenvalue weighted by Crippen LogP contribution is -2.54. The largest absolute Gasteiger partial charge is 0.444 e. The number of likely N-dealkylation sites (tertiary alicyclic amines) is 1. The molecule has 2 aromatic rings. The number of anilines is 1. The van der Waals surface area contributed by atoms with Crippen molar-refractivity contribution in [3.63, 3.8) is 0 Å².